The summed E-state index contributed by atoms with van der Waals surface area (Å²) in [6.07, 6.45) is 3.92. The number of hydrogen-bond donors (Lipinski definition) is 3. The Labute approximate surface area is 195 Å². The van der Waals surface area contributed by atoms with Crippen LogP contribution in [0.4, 0.5) is 11.8 Å². The first-order valence-corrected chi connectivity index (χ1v) is 12.0. The molecule has 178 valence electrons. The maximum absolute atomic E-state index is 9.57. The van der Waals surface area contributed by atoms with E-state index in [1.807, 2.05) is 32.9 Å². The summed E-state index contributed by atoms with van der Waals surface area (Å²) in [5.41, 5.74) is 3.21. The monoisotopic (exact) mass is 453 g/mol. The molecule has 3 atom stereocenters. The minimum absolute atomic E-state index is 0.229. The third-order valence-electron chi connectivity index (χ3n) is 6.40. The highest BCUT2D eigenvalue weighted by molar-refractivity contribution is 5.88. The highest BCUT2D eigenvalue weighted by atomic mass is 16.5. The van der Waals surface area contributed by atoms with Gasteiger partial charge in [-0.3, -0.25) is 0 Å². The third kappa shape index (κ3) is 5.05. The Kier molecular flexibility index (Phi) is 7.02. The van der Waals surface area contributed by atoms with E-state index in [4.69, 9.17) is 19.1 Å². The number of aliphatic hydroxyl groups excluding tert-OH is 1. The average molecular weight is 454 g/mol. The van der Waals surface area contributed by atoms with E-state index in [0.717, 1.165) is 59.4 Å². The minimum atomic E-state index is 0.229. The van der Waals surface area contributed by atoms with Gasteiger partial charge in [0, 0.05) is 30.1 Å². The number of fused-ring (bicyclic) bond motifs is 1. The predicted molar refractivity (Wildman–Crippen MR) is 131 cm³/mol. The van der Waals surface area contributed by atoms with Gasteiger partial charge in [0.15, 0.2) is 5.58 Å². The molecule has 0 aromatic carbocycles. The van der Waals surface area contributed by atoms with Gasteiger partial charge in [-0.15, -0.1) is 0 Å². The van der Waals surface area contributed by atoms with Crippen LogP contribution in [0.5, 0.6) is 5.88 Å². The molecule has 33 heavy (non-hydrogen) atoms. The molecule has 8 nitrogen and oxygen atoms in total. The maximum Gasteiger partial charge on any atom is 0.225 e. The zero-order valence-corrected chi connectivity index (χ0v) is 20.2. The van der Waals surface area contributed by atoms with Gasteiger partial charge in [-0.05, 0) is 65.4 Å². The van der Waals surface area contributed by atoms with Crippen LogP contribution in [0.2, 0.25) is 0 Å². The molecule has 1 aliphatic carbocycles. The topological polar surface area (TPSA) is 105 Å². The lowest BCUT2D eigenvalue weighted by molar-refractivity contribution is 0.229. The molecule has 0 saturated heterocycles. The lowest BCUT2D eigenvalue weighted by Crippen LogP contribution is -2.21. The Hall–Kier alpha value is -2.87. The normalized spacial score (nSPS) is 19.1. The SMILES string of the molecule is CCOc1cc2cc(-c3c(C)nc(NC(C)CC)nc3NC3CCC(CO)C3)oc2c(C)n1. The fourth-order valence-electron chi connectivity index (χ4n) is 4.45. The Morgan fingerprint density at radius 2 is 1.97 bits per heavy atom. The van der Waals surface area contributed by atoms with E-state index in [9.17, 15) is 5.11 Å². The second-order valence-electron chi connectivity index (χ2n) is 9.02. The van der Waals surface area contributed by atoms with E-state index in [0.29, 0.717) is 30.1 Å². The number of rotatable bonds is 9. The van der Waals surface area contributed by atoms with Crippen molar-refractivity contribution in [2.24, 2.45) is 5.92 Å². The number of nitrogens with one attached hydrogen (secondary N) is 2. The molecule has 0 aliphatic heterocycles. The van der Waals surface area contributed by atoms with Crippen molar-refractivity contribution in [3.05, 3.63) is 23.5 Å². The van der Waals surface area contributed by atoms with Crippen molar-refractivity contribution < 1.29 is 14.3 Å². The molecule has 0 spiro atoms. The predicted octanol–water partition coefficient (Wildman–Crippen LogP) is 5.08. The van der Waals surface area contributed by atoms with Gasteiger partial charge in [-0.25, -0.2) is 9.97 Å². The van der Waals surface area contributed by atoms with Crippen LogP contribution in [0.25, 0.3) is 22.3 Å². The second kappa shape index (κ2) is 9.95. The van der Waals surface area contributed by atoms with Crippen LogP contribution in [0.15, 0.2) is 16.5 Å². The quantitative estimate of drug-likeness (QED) is 0.412. The summed E-state index contributed by atoms with van der Waals surface area (Å²) in [5.74, 6) is 3.00. The zero-order valence-electron chi connectivity index (χ0n) is 20.2. The van der Waals surface area contributed by atoms with Crippen LogP contribution in [-0.2, 0) is 0 Å². The number of nitrogens with zero attached hydrogens (tertiary/aromatic N) is 3. The van der Waals surface area contributed by atoms with Crippen molar-refractivity contribution in [3.63, 3.8) is 0 Å². The first kappa shape index (κ1) is 23.3. The molecule has 1 fully saturated rings. The Bertz CT molecular complexity index is 1110. The molecule has 0 amide bonds. The van der Waals surface area contributed by atoms with Gasteiger partial charge in [-0.1, -0.05) is 6.92 Å². The highest BCUT2D eigenvalue weighted by Crippen LogP contribution is 2.38. The Balaban J connectivity index is 1.76. The van der Waals surface area contributed by atoms with Crippen LogP contribution in [0, 0.1) is 19.8 Å². The highest BCUT2D eigenvalue weighted by Gasteiger charge is 2.27. The number of aromatic nitrogens is 3. The zero-order chi connectivity index (χ0) is 23.5. The van der Waals surface area contributed by atoms with Gasteiger partial charge in [0.05, 0.1) is 23.6 Å². The Morgan fingerprint density at radius 3 is 2.67 bits per heavy atom. The van der Waals surface area contributed by atoms with Crippen LogP contribution < -0.4 is 15.4 Å². The molecule has 3 aromatic rings. The van der Waals surface area contributed by atoms with Crippen molar-refractivity contribution in [2.45, 2.75) is 72.4 Å². The number of ether oxygens (including phenoxy) is 1. The molecule has 8 heteroatoms. The number of furan rings is 1. The van der Waals surface area contributed by atoms with E-state index in [1.165, 1.54) is 0 Å². The molecule has 0 radical (unpaired) electrons. The number of aryl methyl sites for hydroxylation is 2. The number of pyridine rings is 1. The van der Waals surface area contributed by atoms with Crippen molar-refractivity contribution in [3.8, 4) is 17.2 Å². The van der Waals surface area contributed by atoms with Crippen molar-refractivity contribution in [1.82, 2.24) is 15.0 Å². The maximum atomic E-state index is 9.57. The van der Waals surface area contributed by atoms with Gasteiger partial charge < -0.3 is 24.9 Å². The van der Waals surface area contributed by atoms with Crippen LogP contribution in [-0.4, -0.2) is 45.4 Å². The second-order valence-corrected chi connectivity index (χ2v) is 9.02. The number of anilines is 2. The van der Waals surface area contributed by atoms with Gasteiger partial charge in [0.1, 0.15) is 11.6 Å². The molecule has 0 bridgehead atoms. The van der Waals surface area contributed by atoms with Crippen molar-refractivity contribution in [2.75, 3.05) is 23.8 Å². The van der Waals surface area contributed by atoms with E-state index in [2.05, 4.69) is 29.5 Å². The Morgan fingerprint density at radius 1 is 1.15 bits per heavy atom. The smallest absolute Gasteiger partial charge is 0.225 e. The molecule has 3 heterocycles. The largest absolute Gasteiger partial charge is 0.478 e. The summed E-state index contributed by atoms with van der Waals surface area (Å²) in [7, 11) is 0. The minimum Gasteiger partial charge on any atom is -0.478 e. The molecular weight excluding hydrogens is 418 g/mol. The summed E-state index contributed by atoms with van der Waals surface area (Å²) in [5, 5.41) is 17.5. The lowest BCUT2D eigenvalue weighted by atomic mass is 10.1. The van der Waals surface area contributed by atoms with Crippen molar-refractivity contribution in [1.29, 1.82) is 0 Å². The molecule has 1 aliphatic rings. The average Bonchev–Trinajstić information content (AvgIpc) is 3.40. The summed E-state index contributed by atoms with van der Waals surface area (Å²) in [6, 6.07) is 4.44. The molecule has 3 unspecified atom stereocenters. The first-order chi connectivity index (χ1) is 15.9. The van der Waals surface area contributed by atoms with Gasteiger partial charge >= 0.3 is 0 Å². The van der Waals surface area contributed by atoms with Crippen LogP contribution in [0.3, 0.4) is 0 Å². The summed E-state index contributed by atoms with van der Waals surface area (Å²) < 4.78 is 11.9. The standard InChI is InChI=1S/C25H35N5O3/c1-6-14(3)26-25-28-15(4)22(24(30-25)29-19-9-8-17(10-19)13-31)20-11-18-12-21(32-7-2)27-16(5)23(18)33-20/h11-12,14,17,19,31H,6-10,13H2,1-5H3,(H2,26,28,29,30). The van der Waals surface area contributed by atoms with Gasteiger partial charge in [-0.2, -0.15) is 4.98 Å². The number of hydrogen-bond acceptors (Lipinski definition) is 8. The fraction of sp³-hybridized carbons (Fsp3) is 0.560. The molecular formula is C25H35N5O3. The fourth-order valence-corrected chi connectivity index (χ4v) is 4.45. The van der Waals surface area contributed by atoms with E-state index >= 15 is 0 Å². The van der Waals surface area contributed by atoms with E-state index < -0.39 is 0 Å². The summed E-state index contributed by atoms with van der Waals surface area (Å²) in [4.78, 5) is 14.1. The summed E-state index contributed by atoms with van der Waals surface area (Å²) in [6.45, 7) is 10.9. The molecule has 4 rings (SSSR count). The van der Waals surface area contributed by atoms with Gasteiger partial charge in [0.2, 0.25) is 11.8 Å². The van der Waals surface area contributed by atoms with Crippen LogP contribution in [0.1, 0.15) is 57.8 Å². The van der Waals surface area contributed by atoms with Crippen molar-refractivity contribution >= 4 is 22.7 Å². The molecule has 3 N–H and O–H groups in total. The lowest BCUT2D eigenvalue weighted by Gasteiger charge is -2.19. The number of aliphatic hydroxyl groups is 1. The van der Waals surface area contributed by atoms with E-state index in [-0.39, 0.29) is 18.7 Å². The molecule has 3 aromatic heterocycles. The summed E-state index contributed by atoms with van der Waals surface area (Å²) >= 11 is 0. The molecule has 1 saturated carbocycles. The van der Waals surface area contributed by atoms with Gasteiger partial charge in [0.25, 0.3) is 0 Å². The first-order valence-electron chi connectivity index (χ1n) is 12.0. The third-order valence-corrected chi connectivity index (χ3v) is 6.40. The van der Waals surface area contributed by atoms with E-state index in [1.54, 1.807) is 0 Å². The van der Waals surface area contributed by atoms with Crippen LogP contribution >= 0.6 is 0 Å².